The largest absolute Gasteiger partial charge is 0.404 e. The van der Waals surface area contributed by atoms with Crippen LogP contribution in [-0.4, -0.2) is 31.3 Å². The number of alkyl halides is 3. The fourth-order valence-corrected chi connectivity index (χ4v) is 2.75. The molecule has 2 unspecified atom stereocenters. The van der Waals surface area contributed by atoms with Crippen molar-refractivity contribution in [2.45, 2.75) is 57.0 Å². The van der Waals surface area contributed by atoms with Gasteiger partial charge in [0.2, 0.25) is 0 Å². The summed E-state index contributed by atoms with van der Waals surface area (Å²) in [5.74, 6) is -0.308. The molecule has 1 aliphatic heterocycles. The Hall–Kier alpha value is -0.620. The second-order valence-electron chi connectivity index (χ2n) is 5.06. The summed E-state index contributed by atoms with van der Waals surface area (Å²) in [6.07, 6.45) is 1.85. The average Bonchev–Trinajstić information content (AvgIpc) is 2.37. The van der Waals surface area contributed by atoms with Crippen molar-refractivity contribution in [3.8, 4) is 0 Å². The van der Waals surface area contributed by atoms with Gasteiger partial charge in [0.15, 0.2) is 6.29 Å². The van der Waals surface area contributed by atoms with Crippen molar-refractivity contribution in [1.82, 2.24) is 10.6 Å². The molecule has 18 heavy (non-hydrogen) atoms. The minimum Gasteiger partial charge on any atom is -0.283 e. The molecule has 0 aromatic carbocycles. The highest BCUT2D eigenvalue weighted by molar-refractivity contribution is 5.58. The molecule has 2 N–H and O–H groups in total. The molecule has 0 aromatic rings. The predicted molar refractivity (Wildman–Crippen MR) is 64.5 cm³/mol. The molecule has 0 bridgehead atoms. The van der Waals surface area contributed by atoms with E-state index in [4.69, 9.17) is 0 Å². The van der Waals surface area contributed by atoms with Crippen LogP contribution in [0.3, 0.4) is 0 Å². The number of aliphatic imine (C=N–C) groups is 1. The fourth-order valence-electron chi connectivity index (χ4n) is 2.75. The number of rotatable bonds is 3. The topological polar surface area (TPSA) is 36.4 Å². The highest BCUT2D eigenvalue weighted by Crippen LogP contribution is 2.34. The van der Waals surface area contributed by atoms with Gasteiger partial charge in [0, 0.05) is 12.8 Å². The molecule has 1 aliphatic carbocycles. The second-order valence-corrected chi connectivity index (χ2v) is 5.06. The summed E-state index contributed by atoms with van der Waals surface area (Å²) in [5.41, 5.74) is 0. The predicted octanol–water partition coefficient (Wildman–Crippen LogP) is 2.43. The smallest absolute Gasteiger partial charge is 0.283 e. The van der Waals surface area contributed by atoms with E-state index < -0.39 is 18.5 Å². The molecule has 1 fully saturated rings. The van der Waals surface area contributed by atoms with Gasteiger partial charge in [-0.2, -0.15) is 13.2 Å². The van der Waals surface area contributed by atoms with Gasteiger partial charge in [0.25, 0.3) is 0 Å². The van der Waals surface area contributed by atoms with Crippen LogP contribution in [0.4, 0.5) is 13.2 Å². The number of hydrogen-bond acceptors (Lipinski definition) is 3. The zero-order valence-corrected chi connectivity index (χ0v) is 10.3. The standard InChI is InChI=1S/C12H20F3N3/c13-12(14,15)10(9-5-2-1-3-6-9)18-11-16-7-4-8-17-11/h7,9-11,17-18H,1-6,8H2. The quantitative estimate of drug-likeness (QED) is 0.820. The molecule has 0 saturated heterocycles. The van der Waals surface area contributed by atoms with Crippen LogP contribution in [0, 0.1) is 5.92 Å². The normalized spacial score (nSPS) is 28.3. The molecule has 0 amide bonds. The molecule has 2 aliphatic rings. The van der Waals surface area contributed by atoms with Crippen molar-refractivity contribution >= 4 is 6.21 Å². The lowest BCUT2D eigenvalue weighted by Gasteiger charge is -2.35. The molecule has 2 rings (SSSR count). The van der Waals surface area contributed by atoms with Crippen LogP contribution >= 0.6 is 0 Å². The molecular formula is C12H20F3N3. The summed E-state index contributed by atoms with van der Waals surface area (Å²) in [5, 5.41) is 5.58. The third-order valence-electron chi connectivity index (χ3n) is 3.68. The summed E-state index contributed by atoms with van der Waals surface area (Å²) in [6.45, 7) is 0.677. The minimum atomic E-state index is -4.20. The average molecular weight is 263 g/mol. The number of nitrogens with one attached hydrogen (secondary N) is 2. The fraction of sp³-hybridized carbons (Fsp3) is 0.917. The van der Waals surface area contributed by atoms with Gasteiger partial charge < -0.3 is 0 Å². The lowest BCUT2D eigenvalue weighted by Crippen LogP contribution is -2.56. The van der Waals surface area contributed by atoms with Crippen molar-refractivity contribution in [3.05, 3.63) is 0 Å². The van der Waals surface area contributed by atoms with Crippen molar-refractivity contribution in [2.24, 2.45) is 10.9 Å². The Labute approximate surface area is 105 Å². The van der Waals surface area contributed by atoms with Gasteiger partial charge in [0.1, 0.15) is 6.04 Å². The molecule has 104 valence electrons. The molecule has 3 nitrogen and oxygen atoms in total. The van der Waals surface area contributed by atoms with E-state index >= 15 is 0 Å². The Morgan fingerprint density at radius 2 is 1.94 bits per heavy atom. The van der Waals surface area contributed by atoms with E-state index in [-0.39, 0.29) is 5.92 Å². The maximum atomic E-state index is 13.1. The van der Waals surface area contributed by atoms with E-state index in [1.807, 2.05) is 0 Å². The van der Waals surface area contributed by atoms with Gasteiger partial charge in [-0.25, -0.2) is 0 Å². The van der Waals surface area contributed by atoms with E-state index in [2.05, 4.69) is 15.6 Å². The van der Waals surface area contributed by atoms with Gasteiger partial charge in [0.05, 0.1) is 0 Å². The Morgan fingerprint density at radius 1 is 1.22 bits per heavy atom. The number of halogens is 3. The Morgan fingerprint density at radius 3 is 2.50 bits per heavy atom. The second kappa shape index (κ2) is 6.02. The van der Waals surface area contributed by atoms with Gasteiger partial charge >= 0.3 is 6.18 Å². The molecule has 1 saturated carbocycles. The third kappa shape index (κ3) is 3.68. The van der Waals surface area contributed by atoms with Crippen molar-refractivity contribution in [1.29, 1.82) is 0 Å². The van der Waals surface area contributed by atoms with Crippen molar-refractivity contribution in [3.63, 3.8) is 0 Å². The van der Waals surface area contributed by atoms with Gasteiger partial charge in [-0.3, -0.25) is 15.6 Å². The monoisotopic (exact) mass is 263 g/mol. The third-order valence-corrected chi connectivity index (χ3v) is 3.68. The lowest BCUT2D eigenvalue weighted by atomic mass is 9.83. The van der Waals surface area contributed by atoms with Gasteiger partial charge in [-0.05, 0) is 25.2 Å². The van der Waals surface area contributed by atoms with Crippen LogP contribution in [0.5, 0.6) is 0 Å². The van der Waals surface area contributed by atoms with Crippen LogP contribution < -0.4 is 10.6 Å². The summed E-state index contributed by atoms with van der Waals surface area (Å²) < 4.78 is 39.4. The summed E-state index contributed by atoms with van der Waals surface area (Å²) in [4.78, 5) is 4.03. The maximum absolute atomic E-state index is 13.1. The summed E-state index contributed by atoms with van der Waals surface area (Å²) in [6, 6.07) is -1.44. The molecule has 2 atom stereocenters. The van der Waals surface area contributed by atoms with Gasteiger partial charge in [-0.15, -0.1) is 0 Å². The van der Waals surface area contributed by atoms with Crippen LogP contribution in [-0.2, 0) is 0 Å². The molecule has 1 heterocycles. The highest BCUT2D eigenvalue weighted by Gasteiger charge is 2.45. The SMILES string of the molecule is FC(F)(F)C(NC1N=CCCN1)C1CCCCC1. The minimum absolute atomic E-state index is 0.308. The first-order chi connectivity index (χ1) is 8.57. The Bertz CT molecular complexity index is 285. The Balaban J connectivity index is 2.00. The van der Waals surface area contributed by atoms with Crippen LogP contribution in [0.25, 0.3) is 0 Å². The summed E-state index contributed by atoms with van der Waals surface area (Å²) >= 11 is 0. The molecule has 0 radical (unpaired) electrons. The van der Waals surface area contributed by atoms with E-state index in [1.54, 1.807) is 6.21 Å². The molecular weight excluding hydrogens is 243 g/mol. The first kappa shape index (κ1) is 13.8. The lowest BCUT2D eigenvalue weighted by molar-refractivity contribution is -0.173. The van der Waals surface area contributed by atoms with E-state index in [9.17, 15) is 13.2 Å². The van der Waals surface area contributed by atoms with Gasteiger partial charge in [-0.1, -0.05) is 19.3 Å². The maximum Gasteiger partial charge on any atom is 0.404 e. The number of nitrogens with zero attached hydrogens (tertiary/aromatic N) is 1. The zero-order chi connectivity index (χ0) is 13.0. The molecule has 6 heteroatoms. The van der Waals surface area contributed by atoms with Crippen LogP contribution in [0.2, 0.25) is 0 Å². The van der Waals surface area contributed by atoms with Crippen molar-refractivity contribution in [2.75, 3.05) is 6.54 Å². The number of hydrogen-bond donors (Lipinski definition) is 2. The Kier molecular flexibility index (Phi) is 4.61. The zero-order valence-electron chi connectivity index (χ0n) is 10.3. The first-order valence-corrected chi connectivity index (χ1v) is 6.65. The molecule has 0 spiro atoms. The van der Waals surface area contributed by atoms with E-state index in [0.717, 1.165) is 25.7 Å². The highest BCUT2D eigenvalue weighted by atomic mass is 19.4. The first-order valence-electron chi connectivity index (χ1n) is 6.65. The molecule has 0 aromatic heterocycles. The van der Waals surface area contributed by atoms with Crippen LogP contribution in [0.15, 0.2) is 4.99 Å². The van der Waals surface area contributed by atoms with Crippen molar-refractivity contribution < 1.29 is 13.2 Å². The van der Waals surface area contributed by atoms with E-state index in [0.29, 0.717) is 19.4 Å². The van der Waals surface area contributed by atoms with Crippen LogP contribution in [0.1, 0.15) is 38.5 Å². The van der Waals surface area contributed by atoms with E-state index in [1.165, 1.54) is 0 Å². The summed E-state index contributed by atoms with van der Waals surface area (Å²) in [7, 11) is 0.